The second kappa shape index (κ2) is 6.72. The highest BCUT2D eigenvalue weighted by Crippen LogP contribution is 2.36. The summed E-state index contributed by atoms with van der Waals surface area (Å²) in [5, 5.41) is 5.93. The van der Waals surface area contributed by atoms with Crippen molar-refractivity contribution in [3.63, 3.8) is 0 Å². The Morgan fingerprint density at radius 1 is 1.04 bits per heavy atom. The molecule has 1 aromatic heterocycles. The Balaban J connectivity index is 2.07. The summed E-state index contributed by atoms with van der Waals surface area (Å²) in [5.74, 6) is 0.415. The van der Waals surface area contributed by atoms with E-state index in [1.807, 2.05) is 22.9 Å². The lowest BCUT2D eigenvalue weighted by molar-refractivity contribution is 0.415. The fraction of sp³-hybridized carbons (Fsp3) is 0.0588. The summed E-state index contributed by atoms with van der Waals surface area (Å²) in [7, 11) is -2.22. The van der Waals surface area contributed by atoms with Gasteiger partial charge in [0.1, 0.15) is 0 Å². The Morgan fingerprint density at radius 2 is 1.64 bits per heavy atom. The Kier molecular flexibility index (Phi) is 4.79. The summed E-state index contributed by atoms with van der Waals surface area (Å²) >= 11 is 12.4. The van der Waals surface area contributed by atoms with Crippen LogP contribution in [0.4, 0.5) is 0 Å². The summed E-state index contributed by atoms with van der Waals surface area (Å²) in [6.07, 6.45) is 1.86. The number of sulfonamides is 1. The molecule has 0 unspecified atom stereocenters. The smallest absolute Gasteiger partial charge is 0.238 e. The molecule has 0 aliphatic heterocycles. The van der Waals surface area contributed by atoms with Gasteiger partial charge in [-0.3, -0.25) is 0 Å². The molecular formula is C17H14Cl2N2O3S. The van der Waals surface area contributed by atoms with Crippen LogP contribution in [-0.4, -0.2) is 20.1 Å². The SMILES string of the molecule is COc1c(Cl)cc(-n2cccc2-c2ccc(S(N)(=O)=O)cc2)cc1Cl. The lowest BCUT2D eigenvalue weighted by Crippen LogP contribution is -2.11. The first-order chi connectivity index (χ1) is 11.8. The van der Waals surface area contributed by atoms with Crippen molar-refractivity contribution in [3.05, 3.63) is 64.8 Å². The maximum absolute atomic E-state index is 11.4. The first-order valence-electron chi connectivity index (χ1n) is 7.15. The van der Waals surface area contributed by atoms with Crippen molar-refractivity contribution in [2.75, 3.05) is 7.11 Å². The molecule has 1 heterocycles. The maximum Gasteiger partial charge on any atom is 0.238 e. The quantitative estimate of drug-likeness (QED) is 0.720. The van der Waals surface area contributed by atoms with E-state index in [4.69, 9.17) is 33.1 Å². The lowest BCUT2D eigenvalue weighted by Gasteiger charge is -2.13. The number of halogens is 2. The van der Waals surface area contributed by atoms with Gasteiger partial charge in [0.05, 0.1) is 27.7 Å². The van der Waals surface area contributed by atoms with Gasteiger partial charge in [-0.1, -0.05) is 35.3 Å². The number of nitrogens with two attached hydrogens (primary N) is 1. The molecule has 0 bridgehead atoms. The van der Waals surface area contributed by atoms with E-state index in [0.29, 0.717) is 15.8 Å². The van der Waals surface area contributed by atoms with E-state index in [1.54, 1.807) is 24.3 Å². The molecule has 2 N–H and O–H groups in total. The molecule has 5 nitrogen and oxygen atoms in total. The highest BCUT2D eigenvalue weighted by atomic mass is 35.5. The first kappa shape index (κ1) is 17.8. The molecule has 0 radical (unpaired) electrons. The highest BCUT2D eigenvalue weighted by Gasteiger charge is 2.13. The van der Waals surface area contributed by atoms with Crippen LogP contribution in [0, 0.1) is 0 Å². The van der Waals surface area contributed by atoms with E-state index >= 15 is 0 Å². The third-order valence-electron chi connectivity index (χ3n) is 3.69. The zero-order valence-corrected chi connectivity index (χ0v) is 15.4. The number of benzene rings is 2. The van der Waals surface area contributed by atoms with Crippen molar-refractivity contribution < 1.29 is 13.2 Å². The Hall–Kier alpha value is -1.99. The van der Waals surface area contributed by atoms with E-state index < -0.39 is 10.0 Å². The zero-order valence-electron chi connectivity index (χ0n) is 13.1. The fourth-order valence-corrected chi connectivity index (χ4v) is 3.68. The van der Waals surface area contributed by atoms with Gasteiger partial charge in [-0.05, 0) is 42.0 Å². The second-order valence-corrected chi connectivity index (χ2v) is 7.65. The molecule has 0 atom stereocenters. The molecule has 0 aliphatic carbocycles. The average Bonchev–Trinajstić information content (AvgIpc) is 3.03. The van der Waals surface area contributed by atoms with Crippen LogP contribution in [0.3, 0.4) is 0 Å². The van der Waals surface area contributed by atoms with E-state index in [0.717, 1.165) is 16.9 Å². The van der Waals surface area contributed by atoms with E-state index in [2.05, 4.69) is 0 Å². The summed E-state index contributed by atoms with van der Waals surface area (Å²) in [6, 6.07) is 13.6. The van der Waals surface area contributed by atoms with Crippen LogP contribution < -0.4 is 9.88 Å². The van der Waals surface area contributed by atoms with Gasteiger partial charge < -0.3 is 9.30 Å². The summed E-state index contributed by atoms with van der Waals surface area (Å²) in [4.78, 5) is 0.0601. The molecule has 0 fully saturated rings. The molecule has 0 saturated heterocycles. The fourth-order valence-electron chi connectivity index (χ4n) is 2.54. The maximum atomic E-state index is 11.4. The Morgan fingerprint density at radius 3 is 2.16 bits per heavy atom. The molecule has 0 spiro atoms. The van der Waals surface area contributed by atoms with E-state index in [-0.39, 0.29) is 4.90 Å². The molecule has 0 amide bonds. The molecule has 2 aromatic carbocycles. The minimum absolute atomic E-state index is 0.0601. The number of hydrogen-bond donors (Lipinski definition) is 1. The molecule has 8 heteroatoms. The summed E-state index contributed by atoms with van der Waals surface area (Å²) in [5.41, 5.74) is 2.42. The molecule has 25 heavy (non-hydrogen) atoms. The van der Waals surface area contributed by atoms with Crippen molar-refractivity contribution in [2.24, 2.45) is 5.14 Å². The van der Waals surface area contributed by atoms with Crippen molar-refractivity contribution in [1.29, 1.82) is 0 Å². The summed E-state index contributed by atoms with van der Waals surface area (Å²) < 4.78 is 29.8. The molecule has 0 saturated carbocycles. The largest absolute Gasteiger partial charge is 0.494 e. The first-order valence-corrected chi connectivity index (χ1v) is 9.45. The zero-order chi connectivity index (χ0) is 18.2. The number of nitrogens with zero attached hydrogens (tertiary/aromatic N) is 1. The van der Waals surface area contributed by atoms with Crippen molar-refractivity contribution in [2.45, 2.75) is 4.90 Å². The lowest BCUT2D eigenvalue weighted by atomic mass is 10.1. The van der Waals surface area contributed by atoms with E-state index in [9.17, 15) is 8.42 Å². The van der Waals surface area contributed by atoms with Gasteiger partial charge >= 0.3 is 0 Å². The van der Waals surface area contributed by atoms with Crippen LogP contribution in [0.15, 0.2) is 59.6 Å². The summed E-state index contributed by atoms with van der Waals surface area (Å²) in [6.45, 7) is 0. The number of methoxy groups -OCH3 is 1. The predicted molar refractivity (Wildman–Crippen MR) is 99.2 cm³/mol. The number of rotatable bonds is 4. The molecule has 3 rings (SSSR count). The third-order valence-corrected chi connectivity index (χ3v) is 5.18. The second-order valence-electron chi connectivity index (χ2n) is 5.28. The van der Waals surface area contributed by atoms with Gasteiger partial charge in [0, 0.05) is 11.9 Å². The predicted octanol–water partition coefficient (Wildman–Crippen LogP) is 4.11. The van der Waals surface area contributed by atoms with Crippen molar-refractivity contribution >= 4 is 33.2 Å². The van der Waals surface area contributed by atoms with Crippen LogP contribution in [0.1, 0.15) is 0 Å². The van der Waals surface area contributed by atoms with Gasteiger partial charge in [0.25, 0.3) is 0 Å². The Labute approximate surface area is 155 Å². The monoisotopic (exact) mass is 396 g/mol. The molecule has 3 aromatic rings. The molecule has 130 valence electrons. The van der Waals surface area contributed by atoms with Crippen LogP contribution in [-0.2, 0) is 10.0 Å². The van der Waals surface area contributed by atoms with Crippen molar-refractivity contribution in [3.8, 4) is 22.7 Å². The normalized spacial score (nSPS) is 11.5. The van der Waals surface area contributed by atoms with Crippen molar-refractivity contribution in [1.82, 2.24) is 4.57 Å². The van der Waals surface area contributed by atoms with Crippen LogP contribution >= 0.6 is 23.2 Å². The molecular weight excluding hydrogens is 383 g/mol. The highest BCUT2D eigenvalue weighted by molar-refractivity contribution is 7.89. The van der Waals surface area contributed by atoms with Crippen LogP contribution in [0.25, 0.3) is 16.9 Å². The minimum atomic E-state index is -3.73. The number of hydrogen-bond acceptors (Lipinski definition) is 3. The standard InChI is InChI=1S/C17H14Cl2N2O3S/c1-24-17-14(18)9-12(10-15(17)19)21-8-2-3-16(21)11-4-6-13(7-5-11)25(20,22)23/h2-10H,1H3,(H2,20,22,23). The minimum Gasteiger partial charge on any atom is -0.494 e. The van der Waals surface area contributed by atoms with Gasteiger partial charge in [-0.25, -0.2) is 13.6 Å². The van der Waals surface area contributed by atoms with Gasteiger partial charge in [0.2, 0.25) is 10.0 Å². The van der Waals surface area contributed by atoms with Crippen LogP contribution in [0.5, 0.6) is 5.75 Å². The number of aromatic nitrogens is 1. The Bertz CT molecular complexity index is 1010. The topological polar surface area (TPSA) is 74.3 Å². The van der Waals surface area contributed by atoms with Gasteiger partial charge in [-0.15, -0.1) is 0 Å². The average molecular weight is 397 g/mol. The van der Waals surface area contributed by atoms with Crippen LogP contribution in [0.2, 0.25) is 10.0 Å². The number of primary sulfonamides is 1. The van der Waals surface area contributed by atoms with Gasteiger partial charge in [0.15, 0.2) is 5.75 Å². The van der Waals surface area contributed by atoms with Gasteiger partial charge in [-0.2, -0.15) is 0 Å². The third kappa shape index (κ3) is 3.52. The van der Waals surface area contributed by atoms with E-state index in [1.165, 1.54) is 19.2 Å². The number of ether oxygens (including phenoxy) is 1. The molecule has 0 aliphatic rings.